The third kappa shape index (κ3) is 2.38. The van der Waals surface area contributed by atoms with E-state index in [1.165, 1.54) is 0 Å². The summed E-state index contributed by atoms with van der Waals surface area (Å²) in [4.78, 5) is 22.7. The summed E-state index contributed by atoms with van der Waals surface area (Å²) in [5.41, 5.74) is 1.12. The number of aryl methyl sites for hydroxylation is 1. The molecule has 2 aromatic rings. The zero-order valence-electron chi connectivity index (χ0n) is 12.1. The summed E-state index contributed by atoms with van der Waals surface area (Å²) in [6, 6.07) is 1.76. The molecule has 0 spiro atoms. The van der Waals surface area contributed by atoms with E-state index in [2.05, 4.69) is 9.97 Å². The molecule has 3 rings (SSSR count). The lowest BCUT2D eigenvalue weighted by molar-refractivity contribution is -0.00237. The number of β-amino-alcohol motifs (C(OH)–C–C–N with tert-alkyl or cyclic N) is 1. The van der Waals surface area contributed by atoms with Gasteiger partial charge in [0.1, 0.15) is 11.8 Å². The van der Waals surface area contributed by atoms with Gasteiger partial charge in [-0.1, -0.05) is 0 Å². The number of nitrogens with zero attached hydrogens (tertiary/aromatic N) is 4. The molecule has 0 radical (unpaired) electrons. The first-order chi connectivity index (χ1) is 10.1. The lowest BCUT2D eigenvalue weighted by atomic mass is 10.3. The van der Waals surface area contributed by atoms with Gasteiger partial charge in [0, 0.05) is 32.1 Å². The van der Waals surface area contributed by atoms with Crippen LogP contribution in [0.15, 0.2) is 18.5 Å². The summed E-state index contributed by atoms with van der Waals surface area (Å²) in [7, 11) is 0. The number of carbonyl (C=O) groups is 1. The normalized spacial score (nSPS) is 22.1. The maximum absolute atomic E-state index is 12.7. The van der Waals surface area contributed by atoms with Crippen molar-refractivity contribution in [2.75, 3.05) is 19.7 Å². The van der Waals surface area contributed by atoms with Gasteiger partial charge in [0.05, 0.1) is 11.8 Å². The van der Waals surface area contributed by atoms with Crippen molar-refractivity contribution in [2.24, 2.45) is 0 Å². The number of amides is 1. The molecule has 1 fully saturated rings. The Balaban J connectivity index is 1.90. The van der Waals surface area contributed by atoms with Gasteiger partial charge in [-0.15, -0.1) is 0 Å². The van der Waals surface area contributed by atoms with Crippen LogP contribution in [-0.4, -0.2) is 62.2 Å². The molecule has 0 saturated carbocycles. The smallest absolute Gasteiger partial charge is 0.273 e. The minimum atomic E-state index is -0.647. The molecule has 7 nitrogen and oxygen atoms in total. The molecule has 1 aliphatic rings. The Kier molecular flexibility index (Phi) is 3.60. The van der Waals surface area contributed by atoms with E-state index < -0.39 is 6.10 Å². The third-order valence-corrected chi connectivity index (χ3v) is 3.69. The summed E-state index contributed by atoms with van der Waals surface area (Å²) in [6.07, 6.45) is 2.44. The highest BCUT2D eigenvalue weighted by Gasteiger charge is 2.36. The van der Waals surface area contributed by atoms with Gasteiger partial charge < -0.3 is 14.7 Å². The molecule has 112 valence electrons. The second kappa shape index (κ2) is 5.42. The van der Waals surface area contributed by atoms with Crippen LogP contribution in [0.2, 0.25) is 0 Å². The number of aromatic nitrogens is 3. The number of likely N-dealkylation sites (tertiary alicyclic amines) is 1. The largest absolute Gasteiger partial charge is 0.388 e. The van der Waals surface area contributed by atoms with Gasteiger partial charge in [-0.2, -0.15) is 0 Å². The molecule has 7 heteroatoms. The molecule has 0 bridgehead atoms. The minimum Gasteiger partial charge on any atom is -0.388 e. The number of hydrogen-bond donors (Lipinski definition) is 1. The van der Waals surface area contributed by atoms with E-state index in [0.717, 1.165) is 0 Å². The molecule has 1 aliphatic heterocycles. The van der Waals surface area contributed by atoms with Crippen LogP contribution in [0.5, 0.6) is 0 Å². The molecule has 0 aromatic carbocycles. The molecule has 2 aromatic heterocycles. The standard InChI is InChI=1S/C14H18N4O3/c1-3-21-11-8-17(7-10(11)19)13(20)12-9(2)16-14-15-5-4-6-18(12)14/h4-6,10-11,19H,3,7-8H2,1-2H3/t10-,11-/m1/s1. The zero-order chi connectivity index (χ0) is 15.0. The average molecular weight is 290 g/mol. The van der Waals surface area contributed by atoms with Crippen LogP contribution >= 0.6 is 0 Å². The Labute approximate surface area is 122 Å². The number of aliphatic hydroxyl groups is 1. The molecule has 1 saturated heterocycles. The van der Waals surface area contributed by atoms with E-state index >= 15 is 0 Å². The lowest BCUT2D eigenvalue weighted by Gasteiger charge is -2.16. The van der Waals surface area contributed by atoms with Crippen LogP contribution in [0, 0.1) is 6.92 Å². The van der Waals surface area contributed by atoms with Crippen molar-refractivity contribution in [3.8, 4) is 0 Å². The van der Waals surface area contributed by atoms with Crippen molar-refractivity contribution >= 4 is 11.7 Å². The lowest BCUT2D eigenvalue weighted by Crippen LogP contribution is -2.31. The Morgan fingerprint density at radius 2 is 2.33 bits per heavy atom. The predicted molar refractivity (Wildman–Crippen MR) is 75.0 cm³/mol. The maximum atomic E-state index is 12.7. The zero-order valence-corrected chi connectivity index (χ0v) is 12.1. The van der Waals surface area contributed by atoms with Crippen LogP contribution in [-0.2, 0) is 4.74 Å². The number of carbonyl (C=O) groups excluding carboxylic acids is 1. The van der Waals surface area contributed by atoms with Gasteiger partial charge in [0.25, 0.3) is 5.91 Å². The van der Waals surface area contributed by atoms with E-state index in [9.17, 15) is 9.90 Å². The fourth-order valence-electron chi connectivity index (χ4n) is 2.71. The van der Waals surface area contributed by atoms with Crippen LogP contribution in [0.1, 0.15) is 23.1 Å². The minimum absolute atomic E-state index is 0.158. The third-order valence-electron chi connectivity index (χ3n) is 3.69. The predicted octanol–water partition coefficient (Wildman–Crippen LogP) is 0.260. The van der Waals surface area contributed by atoms with Crippen LogP contribution in [0.3, 0.4) is 0 Å². The molecular formula is C14H18N4O3. The fourth-order valence-corrected chi connectivity index (χ4v) is 2.71. The summed E-state index contributed by atoms with van der Waals surface area (Å²) in [5.74, 6) is 0.341. The van der Waals surface area contributed by atoms with E-state index in [0.29, 0.717) is 30.3 Å². The Hall–Kier alpha value is -1.99. The molecule has 21 heavy (non-hydrogen) atoms. The summed E-state index contributed by atoms with van der Waals surface area (Å²) >= 11 is 0. The highest BCUT2D eigenvalue weighted by Crippen LogP contribution is 2.19. The van der Waals surface area contributed by atoms with Gasteiger partial charge in [-0.05, 0) is 19.9 Å². The van der Waals surface area contributed by atoms with E-state index in [-0.39, 0.29) is 18.6 Å². The number of hydrogen-bond acceptors (Lipinski definition) is 5. The monoisotopic (exact) mass is 290 g/mol. The second-order valence-electron chi connectivity index (χ2n) is 5.11. The first-order valence-corrected chi connectivity index (χ1v) is 7.00. The Morgan fingerprint density at radius 3 is 3.10 bits per heavy atom. The Bertz CT molecular complexity index is 669. The quantitative estimate of drug-likeness (QED) is 0.877. The van der Waals surface area contributed by atoms with Crippen molar-refractivity contribution in [1.29, 1.82) is 0 Å². The average Bonchev–Trinajstić information content (AvgIpc) is 2.99. The van der Waals surface area contributed by atoms with Gasteiger partial charge in [-0.3, -0.25) is 9.20 Å². The van der Waals surface area contributed by atoms with Gasteiger partial charge in [0.2, 0.25) is 5.78 Å². The number of aliphatic hydroxyl groups excluding tert-OH is 1. The SMILES string of the molecule is CCO[C@@H]1CN(C(=O)c2c(C)nc3ncccn23)C[C@H]1O. The molecule has 2 atom stereocenters. The molecule has 3 heterocycles. The summed E-state index contributed by atoms with van der Waals surface area (Å²) in [6.45, 7) is 4.84. The van der Waals surface area contributed by atoms with E-state index in [1.807, 2.05) is 6.92 Å². The number of fused-ring (bicyclic) bond motifs is 1. The molecular weight excluding hydrogens is 272 g/mol. The van der Waals surface area contributed by atoms with Crippen LogP contribution in [0.25, 0.3) is 5.78 Å². The number of imidazole rings is 1. The molecule has 1 amide bonds. The molecule has 0 aliphatic carbocycles. The van der Waals surface area contributed by atoms with Gasteiger partial charge >= 0.3 is 0 Å². The van der Waals surface area contributed by atoms with Crippen molar-refractivity contribution in [3.05, 3.63) is 29.8 Å². The van der Waals surface area contributed by atoms with E-state index in [1.54, 1.807) is 34.7 Å². The maximum Gasteiger partial charge on any atom is 0.273 e. The highest BCUT2D eigenvalue weighted by atomic mass is 16.5. The fraction of sp³-hybridized carbons (Fsp3) is 0.500. The van der Waals surface area contributed by atoms with Crippen LogP contribution < -0.4 is 0 Å². The first-order valence-electron chi connectivity index (χ1n) is 7.00. The summed E-state index contributed by atoms with van der Waals surface area (Å²) in [5, 5.41) is 9.97. The highest BCUT2D eigenvalue weighted by molar-refractivity contribution is 5.94. The number of rotatable bonds is 3. The van der Waals surface area contributed by atoms with Gasteiger partial charge in [-0.25, -0.2) is 9.97 Å². The van der Waals surface area contributed by atoms with Crippen molar-refractivity contribution in [3.63, 3.8) is 0 Å². The number of ether oxygens (including phenoxy) is 1. The topological polar surface area (TPSA) is 80.0 Å². The summed E-state index contributed by atoms with van der Waals surface area (Å²) < 4.78 is 7.13. The van der Waals surface area contributed by atoms with Crippen molar-refractivity contribution in [2.45, 2.75) is 26.1 Å². The van der Waals surface area contributed by atoms with E-state index in [4.69, 9.17) is 4.74 Å². The molecule has 1 N–H and O–H groups in total. The van der Waals surface area contributed by atoms with Crippen molar-refractivity contribution in [1.82, 2.24) is 19.3 Å². The van der Waals surface area contributed by atoms with Gasteiger partial charge in [0.15, 0.2) is 0 Å². The van der Waals surface area contributed by atoms with Crippen LogP contribution in [0.4, 0.5) is 0 Å². The first kappa shape index (κ1) is 14.0. The Morgan fingerprint density at radius 1 is 1.52 bits per heavy atom. The molecule has 0 unspecified atom stereocenters. The van der Waals surface area contributed by atoms with Crippen molar-refractivity contribution < 1.29 is 14.6 Å². The second-order valence-corrected chi connectivity index (χ2v) is 5.11.